The lowest BCUT2D eigenvalue weighted by molar-refractivity contribution is -0.275. The standard InChI is InChI=1S/C17H20ClF3N6O2.C12H8ClF3N4O2/c1-27(2)9-3-7-22-14-6-8-23-15(25-14)26-16(28)24-11-4-5-13(12(18)10-11)29-17(19,20)21;13-9-5-6-17-10(19-9)20-11(21)18-7-1-3-8(4-2-7)22-12(14,15)16/h4-6,8,10H,3,7,9H2,1-2H3,(H3,22,23,24,25,26,28);1-6H,(H2,17,18,19,20,21). The number of alkyl halides is 6. The molecule has 2 aromatic carbocycles. The van der Waals surface area contributed by atoms with Gasteiger partial charge in [0, 0.05) is 30.3 Å². The van der Waals surface area contributed by atoms with Gasteiger partial charge in [0.25, 0.3) is 0 Å². The zero-order valence-corrected chi connectivity index (χ0v) is 27.9. The minimum absolute atomic E-state index is 0.0120. The molecule has 0 bridgehead atoms. The van der Waals surface area contributed by atoms with E-state index in [4.69, 9.17) is 23.2 Å². The first-order valence-electron chi connectivity index (χ1n) is 14.2. The number of aromatic nitrogens is 4. The van der Waals surface area contributed by atoms with Crippen molar-refractivity contribution in [2.24, 2.45) is 0 Å². The number of benzene rings is 2. The minimum atomic E-state index is -4.86. The van der Waals surface area contributed by atoms with Gasteiger partial charge in [-0.25, -0.2) is 24.5 Å². The molecule has 0 saturated carbocycles. The molecule has 0 aliphatic heterocycles. The van der Waals surface area contributed by atoms with Crippen molar-refractivity contribution in [2.75, 3.05) is 53.8 Å². The number of carbonyl (C=O) groups excluding carboxylic acids is 2. The Morgan fingerprint density at radius 1 is 0.745 bits per heavy atom. The van der Waals surface area contributed by atoms with Gasteiger partial charge in [0.05, 0.1) is 5.02 Å². The lowest BCUT2D eigenvalue weighted by Crippen LogP contribution is -2.21. The predicted octanol–water partition coefficient (Wildman–Crippen LogP) is 7.71. The van der Waals surface area contributed by atoms with Crippen LogP contribution in [0.4, 0.5) is 65.0 Å². The number of urea groups is 2. The molecule has 0 fully saturated rings. The van der Waals surface area contributed by atoms with E-state index in [1.807, 2.05) is 14.1 Å². The molecule has 14 nitrogen and oxygen atoms in total. The Kier molecular flexibility index (Phi) is 14.6. The van der Waals surface area contributed by atoms with E-state index in [2.05, 4.69) is 60.9 Å². The summed E-state index contributed by atoms with van der Waals surface area (Å²) in [5.41, 5.74) is 0.425. The first kappa shape index (κ1) is 40.1. The smallest absolute Gasteiger partial charge is 0.406 e. The Morgan fingerprint density at radius 3 is 1.88 bits per heavy atom. The number of hydrogen-bond acceptors (Lipinski definition) is 10. The Morgan fingerprint density at radius 2 is 1.31 bits per heavy atom. The number of ether oxygens (including phenoxy) is 2. The number of nitrogens with zero attached hydrogens (tertiary/aromatic N) is 5. The lowest BCUT2D eigenvalue weighted by atomic mass is 10.3. The summed E-state index contributed by atoms with van der Waals surface area (Å²) in [6.45, 7) is 1.62. The molecule has 0 spiro atoms. The first-order valence-corrected chi connectivity index (χ1v) is 15.0. The molecular formula is C29H28Cl2F6N10O4. The fourth-order valence-electron chi connectivity index (χ4n) is 3.58. The molecule has 0 saturated heterocycles. The van der Waals surface area contributed by atoms with Crippen molar-refractivity contribution in [3.05, 3.63) is 77.2 Å². The molecule has 0 aliphatic carbocycles. The Bertz CT molecular complexity index is 1750. The van der Waals surface area contributed by atoms with Gasteiger partial charge in [0.15, 0.2) is 0 Å². The molecule has 274 valence electrons. The lowest BCUT2D eigenvalue weighted by Gasteiger charge is -2.12. The summed E-state index contributed by atoms with van der Waals surface area (Å²) in [6, 6.07) is 9.73. The van der Waals surface area contributed by atoms with Crippen LogP contribution in [0.2, 0.25) is 10.2 Å². The molecule has 4 aromatic rings. The van der Waals surface area contributed by atoms with Crippen molar-refractivity contribution >= 4 is 64.4 Å². The van der Waals surface area contributed by atoms with Crippen LogP contribution in [0.1, 0.15) is 6.42 Å². The minimum Gasteiger partial charge on any atom is -0.406 e. The summed E-state index contributed by atoms with van der Waals surface area (Å²) in [5, 5.41) is 12.5. The Labute approximate surface area is 295 Å². The summed E-state index contributed by atoms with van der Waals surface area (Å²) in [4.78, 5) is 41.4. The van der Waals surface area contributed by atoms with Gasteiger partial charge in [0.2, 0.25) is 11.9 Å². The van der Waals surface area contributed by atoms with E-state index in [1.165, 1.54) is 36.7 Å². The molecule has 51 heavy (non-hydrogen) atoms. The van der Waals surface area contributed by atoms with Gasteiger partial charge >= 0.3 is 24.8 Å². The summed E-state index contributed by atoms with van der Waals surface area (Å²) in [7, 11) is 3.96. The van der Waals surface area contributed by atoms with Gasteiger partial charge < -0.3 is 30.3 Å². The zero-order chi connectivity index (χ0) is 37.6. The molecule has 0 atom stereocenters. The van der Waals surface area contributed by atoms with Gasteiger partial charge in [-0.15, -0.1) is 26.3 Å². The van der Waals surface area contributed by atoms with Crippen molar-refractivity contribution in [2.45, 2.75) is 19.1 Å². The summed E-state index contributed by atoms with van der Waals surface area (Å²) >= 11 is 11.4. The zero-order valence-electron chi connectivity index (χ0n) is 26.4. The highest BCUT2D eigenvalue weighted by molar-refractivity contribution is 6.32. The summed E-state index contributed by atoms with van der Waals surface area (Å²) < 4.78 is 80.2. The third-order valence-corrected chi connectivity index (χ3v) is 6.08. The van der Waals surface area contributed by atoms with Gasteiger partial charge in [0.1, 0.15) is 22.5 Å². The third-order valence-electron chi connectivity index (χ3n) is 5.58. The molecule has 2 aromatic heterocycles. The first-order chi connectivity index (χ1) is 23.9. The van der Waals surface area contributed by atoms with E-state index in [0.717, 1.165) is 37.2 Å². The topological polar surface area (TPSA) is 168 Å². The van der Waals surface area contributed by atoms with Crippen LogP contribution in [0, 0.1) is 0 Å². The van der Waals surface area contributed by atoms with E-state index in [9.17, 15) is 35.9 Å². The Balaban J connectivity index is 0.000000286. The van der Waals surface area contributed by atoms with Crippen LogP contribution in [0.25, 0.3) is 0 Å². The highest BCUT2D eigenvalue weighted by Crippen LogP contribution is 2.32. The normalized spacial score (nSPS) is 11.1. The number of carbonyl (C=O) groups is 2. The molecule has 0 radical (unpaired) electrons. The number of rotatable bonds is 11. The molecule has 5 N–H and O–H groups in total. The van der Waals surface area contributed by atoms with Crippen molar-refractivity contribution in [1.29, 1.82) is 0 Å². The fraction of sp³-hybridized carbons (Fsp3) is 0.241. The maximum Gasteiger partial charge on any atom is 0.573 e. The van der Waals surface area contributed by atoms with Gasteiger partial charge in [-0.05, 0) is 81.7 Å². The molecule has 4 amide bonds. The van der Waals surface area contributed by atoms with Crippen molar-refractivity contribution in [3.63, 3.8) is 0 Å². The average Bonchev–Trinajstić information content (AvgIpc) is 3.01. The van der Waals surface area contributed by atoms with E-state index in [1.54, 1.807) is 6.07 Å². The quantitative estimate of drug-likeness (QED) is 0.0580. The average molecular weight is 766 g/mol. The van der Waals surface area contributed by atoms with Gasteiger partial charge in [-0.2, -0.15) is 4.98 Å². The monoisotopic (exact) mass is 764 g/mol. The number of halogens is 8. The Hall–Kier alpha value is -5.34. The number of amides is 4. The molecule has 4 rings (SSSR count). The van der Waals surface area contributed by atoms with E-state index in [0.29, 0.717) is 12.4 Å². The molecular weight excluding hydrogens is 737 g/mol. The van der Waals surface area contributed by atoms with Crippen LogP contribution in [-0.4, -0.2) is 76.8 Å². The number of hydrogen-bond donors (Lipinski definition) is 5. The fourth-order valence-corrected chi connectivity index (χ4v) is 3.94. The van der Waals surface area contributed by atoms with Crippen LogP contribution in [0.3, 0.4) is 0 Å². The highest BCUT2D eigenvalue weighted by Gasteiger charge is 2.32. The van der Waals surface area contributed by atoms with Crippen LogP contribution >= 0.6 is 23.2 Å². The summed E-state index contributed by atoms with van der Waals surface area (Å²) in [6.07, 6.45) is -5.88. The predicted molar refractivity (Wildman–Crippen MR) is 177 cm³/mol. The van der Waals surface area contributed by atoms with Crippen molar-refractivity contribution in [1.82, 2.24) is 24.8 Å². The highest BCUT2D eigenvalue weighted by atomic mass is 35.5. The maximum absolute atomic E-state index is 12.3. The number of nitrogens with one attached hydrogen (secondary N) is 5. The molecule has 0 unspecified atom stereocenters. The third kappa shape index (κ3) is 16.3. The van der Waals surface area contributed by atoms with Gasteiger partial charge in [-0.1, -0.05) is 23.2 Å². The second-order valence-electron chi connectivity index (χ2n) is 9.98. The molecule has 0 aliphatic rings. The molecule has 2 heterocycles. The molecule has 22 heteroatoms. The van der Waals surface area contributed by atoms with Gasteiger partial charge in [-0.3, -0.25) is 10.6 Å². The summed E-state index contributed by atoms with van der Waals surface area (Å²) in [5.74, 6) is -0.367. The largest absolute Gasteiger partial charge is 0.573 e. The van der Waals surface area contributed by atoms with Crippen LogP contribution < -0.4 is 36.1 Å². The van der Waals surface area contributed by atoms with Crippen LogP contribution in [0.15, 0.2) is 67.0 Å². The van der Waals surface area contributed by atoms with Crippen LogP contribution in [0.5, 0.6) is 11.5 Å². The van der Waals surface area contributed by atoms with E-state index < -0.39 is 36.3 Å². The second kappa shape index (κ2) is 18.6. The van der Waals surface area contributed by atoms with E-state index in [-0.39, 0.29) is 33.4 Å². The van der Waals surface area contributed by atoms with E-state index >= 15 is 0 Å². The SMILES string of the molecule is CN(C)CCCNc1ccnc(NC(=O)Nc2ccc(OC(F)(F)F)c(Cl)c2)n1.O=C(Nc1ccc(OC(F)(F)F)cc1)Nc1nccc(Cl)n1. The second-order valence-corrected chi connectivity index (χ2v) is 10.8. The number of anilines is 5. The van der Waals surface area contributed by atoms with Crippen LogP contribution in [-0.2, 0) is 0 Å². The van der Waals surface area contributed by atoms with Crippen molar-refractivity contribution < 1.29 is 45.4 Å². The van der Waals surface area contributed by atoms with Crippen molar-refractivity contribution in [3.8, 4) is 11.5 Å². The maximum atomic E-state index is 12.3.